The van der Waals surface area contributed by atoms with Gasteiger partial charge in [0.15, 0.2) is 0 Å². The fraction of sp³-hybridized carbons (Fsp3) is 0.200. The molecule has 0 spiro atoms. The maximum absolute atomic E-state index is 12.2. The number of hydrogen-bond donors (Lipinski definition) is 2. The number of para-hydroxylation sites is 1. The minimum atomic E-state index is -0.223. The molecule has 0 bridgehead atoms. The lowest BCUT2D eigenvalue weighted by atomic mass is 10.1. The number of aromatic nitrogens is 3. The molecule has 0 aliphatic carbocycles. The number of anilines is 1. The number of hydrogen-bond acceptors (Lipinski definition) is 6. The van der Waals surface area contributed by atoms with Crippen molar-refractivity contribution in [2.24, 2.45) is 0 Å². The lowest BCUT2D eigenvalue weighted by molar-refractivity contribution is 0.0950. The molecule has 2 N–H and O–H groups in total. The van der Waals surface area contributed by atoms with Crippen LogP contribution in [0.25, 0.3) is 0 Å². The monoisotopic (exact) mass is 363 g/mol. The highest BCUT2D eigenvalue weighted by Gasteiger charge is 2.07. The summed E-state index contributed by atoms with van der Waals surface area (Å²) in [5.74, 6) is 1.12. The highest BCUT2D eigenvalue weighted by Crippen LogP contribution is 2.17. The number of carbonyl (C=O) groups is 1. The molecule has 2 heterocycles. The van der Waals surface area contributed by atoms with Gasteiger partial charge in [-0.05, 0) is 29.7 Å². The maximum Gasteiger partial charge on any atom is 0.254 e. The van der Waals surface area contributed by atoms with Gasteiger partial charge in [0.25, 0.3) is 5.91 Å². The Hall–Kier alpha value is -3.48. The number of nitrogens with one attached hydrogen (secondary N) is 2. The Balaban J connectivity index is 1.49. The average molecular weight is 363 g/mol. The number of amides is 1. The molecule has 7 nitrogen and oxygen atoms in total. The molecular weight excluding hydrogens is 342 g/mol. The fourth-order valence-corrected chi connectivity index (χ4v) is 2.54. The molecule has 0 aliphatic heterocycles. The topological polar surface area (TPSA) is 89.0 Å². The SMILES string of the molecule is COc1ccccc1CCNc1ncc(C(=O)NCc2cccnc2)cn1. The summed E-state index contributed by atoms with van der Waals surface area (Å²) in [6.07, 6.45) is 7.21. The third kappa shape index (κ3) is 5.24. The molecule has 0 unspecified atom stereocenters. The minimum absolute atomic E-state index is 0.223. The Labute approximate surface area is 157 Å². The number of pyridine rings is 1. The van der Waals surface area contributed by atoms with Crippen molar-refractivity contribution < 1.29 is 9.53 Å². The van der Waals surface area contributed by atoms with E-state index in [0.717, 1.165) is 23.3 Å². The number of rotatable bonds is 8. The summed E-state index contributed by atoms with van der Waals surface area (Å²) < 4.78 is 5.34. The summed E-state index contributed by atoms with van der Waals surface area (Å²) in [6, 6.07) is 11.6. The molecule has 0 saturated heterocycles. The van der Waals surface area contributed by atoms with E-state index in [0.29, 0.717) is 24.6 Å². The second-order valence-corrected chi connectivity index (χ2v) is 5.83. The molecule has 0 aliphatic rings. The second kappa shape index (κ2) is 9.28. The summed E-state index contributed by atoms with van der Waals surface area (Å²) in [7, 11) is 1.66. The third-order valence-corrected chi connectivity index (χ3v) is 3.96. The largest absolute Gasteiger partial charge is 0.496 e. The summed E-state index contributed by atoms with van der Waals surface area (Å²) in [5, 5.41) is 5.97. The highest BCUT2D eigenvalue weighted by molar-refractivity contribution is 5.93. The van der Waals surface area contributed by atoms with Gasteiger partial charge in [0.2, 0.25) is 5.95 Å². The van der Waals surface area contributed by atoms with E-state index in [2.05, 4.69) is 25.6 Å². The van der Waals surface area contributed by atoms with Crippen LogP contribution in [0, 0.1) is 0 Å². The van der Waals surface area contributed by atoms with E-state index in [-0.39, 0.29) is 5.91 Å². The van der Waals surface area contributed by atoms with Gasteiger partial charge in [-0.1, -0.05) is 24.3 Å². The van der Waals surface area contributed by atoms with Crippen molar-refractivity contribution in [2.75, 3.05) is 19.0 Å². The molecule has 7 heteroatoms. The van der Waals surface area contributed by atoms with Gasteiger partial charge < -0.3 is 15.4 Å². The van der Waals surface area contributed by atoms with Crippen molar-refractivity contribution in [2.45, 2.75) is 13.0 Å². The van der Waals surface area contributed by atoms with E-state index in [4.69, 9.17) is 4.74 Å². The van der Waals surface area contributed by atoms with Crippen molar-refractivity contribution in [3.63, 3.8) is 0 Å². The lowest BCUT2D eigenvalue weighted by Crippen LogP contribution is -2.23. The normalized spacial score (nSPS) is 10.3. The van der Waals surface area contributed by atoms with E-state index in [1.54, 1.807) is 19.5 Å². The Kier molecular flexibility index (Phi) is 6.30. The van der Waals surface area contributed by atoms with Crippen LogP contribution in [-0.4, -0.2) is 34.5 Å². The molecule has 0 radical (unpaired) electrons. The summed E-state index contributed by atoms with van der Waals surface area (Å²) in [5.41, 5.74) is 2.45. The standard InChI is InChI=1S/C20H21N5O2/c1-27-18-7-3-2-6-16(18)8-10-22-20-24-13-17(14-25-20)19(26)23-12-15-5-4-9-21-11-15/h2-7,9,11,13-14H,8,10,12H2,1H3,(H,23,26)(H,22,24,25). The first kappa shape index (κ1) is 18.3. The molecular formula is C20H21N5O2. The minimum Gasteiger partial charge on any atom is -0.496 e. The van der Waals surface area contributed by atoms with Gasteiger partial charge in [0.1, 0.15) is 5.75 Å². The van der Waals surface area contributed by atoms with E-state index in [1.807, 2.05) is 36.4 Å². The molecule has 138 valence electrons. The van der Waals surface area contributed by atoms with Crippen LogP contribution in [0.15, 0.2) is 61.2 Å². The molecule has 0 saturated carbocycles. The van der Waals surface area contributed by atoms with Gasteiger partial charge >= 0.3 is 0 Å². The Bertz CT molecular complexity index is 869. The smallest absolute Gasteiger partial charge is 0.254 e. The van der Waals surface area contributed by atoms with Crippen LogP contribution in [0.4, 0.5) is 5.95 Å². The van der Waals surface area contributed by atoms with Crippen LogP contribution in [0.3, 0.4) is 0 Å². The van der Waals surface area contributed by atoms with E-state index < -0.39 is 0 Å². The summed E-state index contributed by atoms with van der Waals surface area (Å²) in [6.45, 7) is 1.07. The first-order valence-corrected chi connectivity index (χ1v) is 8.61. The van der Waals surface area contributed by atoms with Crippen LogP contribution in [0.5, 0.6) is 5.75 Å². The van der Waals surface area contributed by atoms with Gasteiger partial charge in [-0.2, -0.15) is 0 Å². The van der Waals surface area contributed by atoms with Gasteiger partial charge in [0.05, 0.1) is 12.7 Å². The molecule has 1 amide bonds. The molecule has 0 atom stereocenters. The van der Waals surface area contributed by atoms with E-state index in [9.17, 15) is 4.79 Å². The second-order valence-electron chi connectivity index (χ2n) is 5.83. The van der Waals surface area contributed by atoms with Crippen LogP contribution < -0.4 is 15.4 Å². The van der Waals surface area contributed by atoms with Crippen molar-refractivity contribution in [3.8, 4) is 5.75 Å². The van der Waals surface area contributed by atoms with Crippen LogP contribution in [-0.2, 0) is 13.0 Å². The molecule has 3 aromatic rings. The first-order valence-electron chi connectivity index (χ1n) is 8.61. The molecule has 3 rings (SSSR count). The fourth-order valence-electron chi connectivity index (χ4n) is 2.54. The zero-order chi connectivity index (χ0) is 18.9. The number of methoxy groups -OCH3 is 1. The molecule has 1 aromatic carbocycles. The first-order chi connectivity index (χ1) is 13.3. The van der Waals surface area contributed by atoms with E-state index >= 15 is 0 Å². The summed E-state index contributed by atoms with van der Waals surface area (Å²) in [4.78, 5) is 24.6. The lowest BCUT2D eigenvalue weighted by Gasteiger charge is -2.09. The Morgan fingerprint density at radius 2 is 1.89 bits per heavy atom. The van der Waals surface area contributed by atoms with Gasteiger partial charge in [0, 0.05) is 37.9 Å². The molecule has 27 heavy (non-hydrogen) atoms. The van der Waals surface area contributed by atoms with E-state index in [1.165, 1.54) is 12.4 Å². The highest BCUT2D eigenvalue weighted by atomic mass is 16.5. The van der Waals surface area contributed by atoms with Crippen LogP contribution in [0.2, 0.25) is 0 Å². The van der Waals surface area contributed by atoms with Crippen molar-refractivity contribution in [3.05, 3.63) is 77.9 Å². The van der Waals surface area contributed by atoms with Crippen LogP contribution >= 0.6 is 0 Å². The predicted octanol–water partition coefficient (Wildman–Crippen LogP) is 2.46. The Morgan fingerprint density at radius 1 is 1.07 bits per heavy atom. The zero-order valence-corrected chi connectivity index (χ0v) is 15.1. The van der Waals surface area contributed by atoms with Gasteiger partial charge in [-0.3, -0.25) is 9.78 Å². The number of nitrogens with zero attached hydrogens (tertiary/aromatic N) is 3. The molecule has 2 aromatic heterocycles. The number of benzene rings is 1. The summed E-state index contributed by atoms with van der Waals surface area (Å²) >= 11 is 0. The van der Waals surface area contributed by atoms with Gasteiger partial charge in [-0.25, -0.2) is 9.97 Å². The number of carbonyl (C=O) groups excluding carboxylic acids is 1. The van der Waals surface area contributed by atoms with Crippen LogP contribution in [0.1, 0.15) is 21.5 Å². The Morgan fingerprint density at radius 3 is 2.63 bits per heavy atom. The van der Waals surface area contributed by atoms with Gasteiger partial charge in [-0.15, -0.1) is 0 Å². The quantitative estimate of drug-likeness (QED) is 0.639. The zero-order valence-electron chi connectivity index (χ0n) is 15.1. The predicted molar refractivity (Wildman–Crippen MR) is 103 cm³/mol. The maximum atomic E-state index is 12.2. The van der Waals surface area contributed by atoms with Crippen molar-refractivity contribution in [1.29, 1.82) is 0 Å². The third-order valence-electron chi connectivity index (χ3n) is 3.96. The number of ether oxygens (including phenoxy) is 1. The molecule has 0 fully saturated rings. The average Bonchev–Trinajstić information content (AvgIpc) is 2.73. The van der Waals surface area contributed by atoms with Crippen molar-refractivity contribution >= 4 is 11.9 Å². The van der Waals surface area contributed by atoms with Crippen molar-refractivity contribution in [1.82, 2.24) is 20.3 Å².